The molecule has 2 rings (SSSR count). The molecule has 0 fully saturated rings. The second-order valence-electron chi connectivity index (χ2n) is 3.86. The van der Waals surface area contributed by atoms with Crippen LogP contribution in [0.3, 0.4) is 0 Å². The summed E-state index contributed by atoms with van der Waals surface area (Å²) in [5.74, 6) is -0.340. The van der Waals surface area contributed by atoms with E-state index in [2.05, 4.69) is 4.74 Å². The van der Waals surface area contributed by atoms with Gasteiger partial charge >= 0.3 is 11.6 Å². The van der Waals surface area contributed by atoms with Crippen LogP contribution in [-0.4, -0.2) is 18.2 Å². The van der Waals surface area contributed by atoms with Crippen LogP contribution in [0.15, 0.2) is 33.5 Å². The third-order valence-corrected chi connectivity index (χ3v) is 2.62. The van der Waals surface area contributed by atoms with Gasteiger partial charge in [0, 0.05) is 23.4 Å². The molecule has 0 spiro atoms. The lowest BCUT2D eigenvalue weighted by atomic mass is 10.1. The molecular formula is C13H12O5. The summed E-state index contributed by atoms with van der Waals surface area (Å²) in [5.41, 5.74) is 0.234. The minimum Gasteiger partial charge on any atom is -0.508 e. The molecule has 0 amide bonds. The zero-order chi connectivity index (χ0) is 13.1. The van der Waals surface area contributed by atoms with Crippen LogP contribution in [0.5, 0.6) is 5.75 Å². The Balaban J connectivity index is 2.35. The molecule has 0 bridgehead atoms. The van der Waals surface area contributed by atoms with Crippen molar-refractivity contribution in [2.75, 3.05) is 7.11 Å². The molecule has 94 valence electrons. The summed E-state index contributed by atoms with van der Waals surface area (Å²) < 4.78 is 9.58. The highest BCUT2D eigenvalue weighted by Crippen LogP contribution is 2.19. The molecule has 1 aromatic heterocycles. The van der Waals surface area contributed by atoms with Crippen molar-refractivity contribution in [3.05, 3.63) is 40.2 Å². The van der Waals surface area contributed by atoms with Crippen molar-refractivity contribution in [2.24, 2.45) is 0 Å². The van der Waals surface area contributed by atoms with Crippen LogP contribution in [0.2, 0.25) is 0 Å². The topological polar surface area (TPSA) is 76.7 Å². The average molecular weight is 248 g/mol. The summed E-state index contributed by atoms with van der Waals surface area (Å²) in [6, 6.07) is 6.19. The standard InChI is InChI=1S/C13H12O5/c1-17-12(15)5-3-9-6-8-2-4-10(14)7-11(8)18-13(9)16/h2,4,6-7,14H,3,5H2,1H3. The maximum Gasteiger partial charge on any atom is 0.339 e. The predicted octanol–water partition coefficient (Wildman–Crippen LogP) is 1.60. The van der Waals surface area contributed by atoms with Crippen LogP contribution in [0.1, 0.15) is 12.0 Å². The number of esters is 1. The summed E-state index contributed by atoms with van der Waals surface area (Å²) >= 11 is 0. The quantitative estimate of drug-likeness (QED) is 0.659. The van der Waals surface area contributed by atoms with Crippen molar-refractivity contribution in [1.29, 1.82) is 0 Å². The number of fused-ring (bicyclic) bond motifs is 1. The summed E-state index contributed by atoms with van der Waals surface area (Å²) in [5, 5.41) is 9.98. The van der Waals surface area contributed by atoms with Crippen molar-refractivity contribution in [2.45, 2.75) is 12.8 Å². The Bertz CT molecular complexity index is 641. The predicted molar refractivity (Wildman–Crippen MR) is 64.5 cm³/mol. The van der Waals surface area contributed by atoms with Gasteiger partial charge in [-0.1, -0.05) is 0 Å². The highest BCUT2D eigenvalue weighted by Gasteiger charge is 2.08. The summed E-state index contributed by atoms with van der Waals surface area (Å²) in [7, 11) is 1.30. The third kappa shape index (κ3) is 2.51. The van der Waals surface area contributed by atoms with Gasteiger partial charge in [0.15, 0.2) is 0 Å². The number of carbonyl (C=O) groups excluding carboxylic acids is 1. The highest BCUT2D eigenvalue weighted by molar-refractivity contribution is 5.78. The largest absolute Gasteiger partial charge is 0.508 e. The van der Waals surface area contributed by atoms with Crippen LogP contribution in [-0.2, 0) is 16.0 Å². The number of methoxy groups -OCH3 is 1. The van der Waals surface area contributed by atoms with E-state index in [0.717, 1.165) is 0 Å². The summed E-state index contributed by atoms with van der Waals surface area (Å²) in [4.78, 5) is 22.7. The van der Waals surface area contributed by atoms with Crippen LogP contribution < -0.4 is 5.63 Å². The zero-order valence-corrected chi connectivity index (χ0v) is 9.80. The van der Waals surface area contributed by atoms with Crippen molar-refractivity contribution in [1.82, 2.24) is 0 Å². The molecule has 0 saturated carbocycles. The van der Waals surface area contributed by atoms with Crippen LogP contribution in [0.4, 0.5) is 0 Å². The SMILES string of the molecule is COC(=O)CCc1cc2ccc(O)cc2oc1=O. The van der Waals surface area contributed by atoms with Gasteiger partial charge in [-0.3, -0.25) is 4.79 Å². The van der Waals surface area contributed by atoms with Gasteiger partial charge in [-0.25, -0.2) is 4.79 Å². The fraction of sp³-hybridized carbons (Fsp3) is 0.231. The lowest BCUT2D eigenvalue weighted by molar-refractivity contribution is -0.140. The molecule has 1 N–H and O–H groups in total. The van der Waals surface area contributed by atoms with Gasteiger partial charge in [-0.05, 0) is 24.6 Å². The Kier molecular flexibility index (Phi) is 3.32. The maximum atomic E-state index is 11.6. The van der Waals surface area contributed by atoms with Gasteiger partial charge in [-0.2, -0.15) is 0 Å². The second-order valence-corrected chi connectivity index (χ2v) is 3.86. The van der Waals surface area contributed by atoms with E-state index in [1.54, 1.807) is 12.1 Å². The molecule has 0 unspecified atom stereocenters. The highest BCUT2D eigenvalue weighted by atomic mass is 16.5. The molecular weight excluding hydrogens is 236 g/mol. The van der Waals surface area contributed by atoms with Crippen molar-refractivity contribution in [3.8, 4) is 5.75 Å². The van der Waals surface area contributed by atoms with Crippen LogP contribution >= 0.6 is 0 Å². The second kappa shape index (κ2) is 4.91. The molecule has 5 nitrogen and oxygen atoms in total. The summed E-state index contributed by atoms with van der Waals surface area (Å²) in [6.07, 6.45) is 0.399. The summed E-state index contributed by atoms with van der Waals surface area (Å²) in [6.45, 7) is 0. The molecule has 0 atom stereocenters. The maximum absolute atomic E-state index is 11.6. The van der Waals surface area contributed by atoms with Crippen molar-refractivity contribution in [3.63, 3.8) is 0 Å². The third-order valence-electron chi connectivity index (χ3n) is 2.62. The smallest absolute Gasteiger partial charge is 0.339 e. The van der Waals surface area contributed by atoms with E-state index in [4.69, 9.17) is 4.42 Å². The van der Waals surface area contributed by atoms with Crippen molar-refractivity contribution >= 4 is 16.9 Å². The van der Waals surface area contributed by atoms with Crippen LogP contribution in [0.25, 0.3) is 11.0 Å². The minimum absolute atomic E-state index is 0.0351. The number of benzene rings is 1. The number of hydrogen-bond acceptors (Lipinski definition) is 5. The fourth-order valence-electron chi connectivity index (χ4n) is 1.66. The first-order chi connectivity index (χ1) is 8.60. The van der Waals surface area contributed by atoms with E-state index in [-0.39, 0.29) is 24.6 Å². The number of phenols is 1. The van der Waals surface area contributed by atoms with E-state index >= 15 is 0 Å². The molecule has 1 aromatic carbocycles. The van der Waals surface area contributed by atoms with Gasteiger partial charge in [0.25, 0.3) is 0 Å². The molecule has 0 saturated heterocycles. The zero-order valence-electron chi connectivity index (χ0n) is 9.80. The Morgan fingerprint density at radius 3 is 2.89 bits per heavy atom. The van der Waals surface area contributed by atoms with E-state index in [9.17, 15) is 14.7 Å². The number of hydrogen-bond donors (Lipinski definition) is 1. The first kappa shape index (κ1) is 12.2. The Hall–Kier alpha value is -2.30. The molecule has 0 aliphatic carbocycles. The molecule has 5 heteroatoms. The number of aromatic hydroxyl groups is 1. The normalized spacial score (nSPS) is 10.5. The molecule has 0 aliphatic heterocycles. The molecule has 18 heavy (non-hydrogen) atoms. The van der Waals surface area contributed by atoms with E-state index in [0.29, 0.717) is 16.5 Å². The Morgan fingerprint density at radius 2 is 2.17 bits per heavy atom. The lowest BCUT2D eigenvalue weighted by Crippen LogP contribution is -2.10. The van der Waals surface area contributed by atoms with Gasteiger partial charge < -0.3 is 14.3 Å². The molecule has 1 heterocycles. The Labute approximate surface area is 103 Å². The Morgan fingerprint density at radius 1 is 1.39 bits per heavy atom. The number of carbonyl (C=O) groups is 1. The lowest BCUT2D eigenvalue weighted by Gasteiger charge is -2.02. The molecule has 2 aromatic rings. The fourth-order valence-corrected chi connectivity index (χ4v) is 1.66. The monoisotopic (exact) mass is 248 g/mol. The van der Waals surface area contributed by atoms with Gasteiger partial charge in [0.05, 0.1) is 7.11 Å². The molecule has 0 radical (unpaired) electrons. The van der Waals surface area contributed by atoms with Gasteiger partial charge in [-0.15, -0.1) is 0 Å². The number of ether oxygens (including phenoxy) is 1. The first-order valence-corrected chi connectivity index (χ1v) is 5.42. The average Bonchev–Trinajstić information content (AvgIpc) is 2.35. The molecule has 0 aliphatic rings. The number of rotatable bonds is 3. The van der Waals surface area contributed by atoms with Gasteiger partial charge in [0.1, 0.15) is 11.3 Å². The van der Waals surface area contributed by atoms with E-state index < -0.39 is 5.63 Å². The number of aryl methyl sites for hydroxylation is 1. The minimum atomic E-state index is -0.503. The van der Waals surface area contributed by atoms with E-state index in [1.807, 2.05) is 0 Å². The van der Waals surface area contributed by atoms with Crippen LogP contribution in [0, 0.1) is 0 Å². The number of phenolic OH excluding ortho intramolecular Hbond substituents is 1. The van der Waals surface area contributed by atoms with E-state index in [1.165, 1.54) is 19.2 Å². The first-order valence-electron chi connectivity index (χ1n) is 5.42. The van der Waals surface area contributed by atoms with Gasteiger partial charge in [0.2, 0.25) is 0 Å². The van der Waals surface area contributed by atoms with Crippen molar-refractivity contribution < 1.29 is 19.1 Å².